The van der Waals surface area contributed by atoms with Gasteiger partial charge >= 0.3 is 0 Å². The topological polar surface area (TPSA) is 74.2 Å². The van der Waals surface area contributed by atoms with E-state index in [4.69, 9.17) is 4.74 Å². The lowest BCUT2D eigenvalue weighted by Crippen LogP contribution is -2.66. The third kappa shape index (κ3) is 4.19. The first-order valence-electron chi connectivity index (χ1n) is 11.4. The predicted octanol–water partition coefficient (Wildman–Crippen LogP) is 3.67. The highest BCUT2D eigenvalue weighted by molar-refractivity contribution is 8.14. The molecule has 0 spiro atoms. The number of benzene rings is 2. The second kappa shape index (κ2) is 9.47. The van der Waals surface area contributed by atoms with E-state index < -0.39 is 0 Å². The fourth-order valence-electron chi connectivity index (χ4n) is 5.07. The fraction of sp³-hybridized carbons (Fsp3) is 0.400. The highest BCUT2D eigenvalue weighted by Gasteiger charge is 2.51. The monoisotopic (exact) mass is 464 g/mol. The summed E-state index contributed by atoms with van der Waals surface area (Å²) in [6, 6.07) is 17.2. The maximum atomic E-state index is 13.6. The second-order valence-corrected chi connectivity index (χ2v) is 9.56. The Labute approximate surface area is 198 Å². The minimum absolute atomic E-state index is 0.0553. The molecule has 5 rings (SSSR count). The van der Waals surface area contributed by atoms with E-state index in [9.17, 15) is 9.59 Å². The molecule has 3 aliphatic rings. The average Bonchev–Trinajstić information content (AvgIpc) is 3.30. The van der Waals surface area contributed by atoms with E-state index in [2.05, 4.69) is 15.4 Å². The van der Waals surface area contributed by atoms with E-state index in [1.807, 2.05) is 59.5 Å². The smallest absolute Gasteiger partial charge is 0.231 e. The third-order valence-electron chi connectivity index (χ3n) is 6.70. The predicted molar refractivity (Wildman–Crippen MR) is 129 cm³/mol. The third-order valence-corrected chi connectivity index (χ3v) is 7.67. The molecule has 2 aliphatic heterocycles. The highest BCUT2D eigenvalue weighted by Crippen LogP contribution is 2.39. The van der Waals surface area contributed by atoms with Crippen LogP contribution in [0.3, 0.4) is 0 Å². The molecule has 1 saturated carbocycles. The van der Waals surface area contributed by atoms with E-state index >= 15 is 0 Å². The molecular weight excluding hydrogens is 436 g/mol. The SMILES string of the molecule is COc1ccccc1CN1C(=O)C2CCCCC2N2C(SCC(=O)c3ccccc3)=NNC12. The molecule has 3 unspecified atom stereocenters. The van der Waals surface area contributed by atoms with Gasteiger partial charge in [-0.3, -0.25) is 19.9 Å². The Balaban J connectivity index is 1.37. The van der Waals surface area contributed by atoms with Gasteiger partial charge in [-0.2, -0.15) is 5.10 Å². The molecule has 1 aliphatic carbocycles. The summed E-state index contributed by atoms with van der Waals surface area (Å²) >= 11 is 1.45. The summed E-state index contributed by atoms with van der Waals surface area (Å²) in [5.74, 6) is 1.27. The molecule has 7 nitrogen and oxygen atoms in total. The Morgan fingerprint density at radius 3 is 2.70 bits per heavy atom. The van der Waals surface area contributed by atoms with Gasteiger partial charge in [0, 0.05) is 17.2 Å². The number of rotatable bonds is 6. The van der Waals surface area contributed by atoms with Gasteiger partial charge in [0.1, 0.15) is 5.75 Å². The summed E-state index contributed by atoms with van der Waals surface area (Å²) in [5, 5.41) is 5.37. The molecule has 2 aromatic carbocycles. The number of ether oxygens (including phenoxy) is 1. The Hall–Kier alpha value is -3.00. The van der Waals surface area contributed by atoms with Crippen molar-refractivity contribution in [3.05, 3.63) is 65.7 Å². The van der Waals surface area contributed by atoms with Crippen molar-refractivity contribution in [2.75, 3.05) is 12.9 Å². The minimum Gasteiger partial charge on any atom is -0.496 e. The molecule has 0 aromatic heterocycles. The number of thioether (sulfide) groups is 1. The molecule has 8 heteroatoms. The molecule has 172 valence electrons. The molecule has 1 saturated heterocycles. The number of nitrogens with zero attached hydrogens (tertiary/aromatic N) is 3. The van der Waals surface area contributed by atoms with E-state index in [-0.39, 0.29) is 29.9 Å². The van der Waals surface area contributed by atoms with Crippen molar-refractivity contribution in [3.8, 4) is 5.75 Å². The lowest BCUT2D eigenvalue weighted by Gasteiger charge is -2.50. The number of amides is 1. The lowest BCUT2D eigenvalue weighted by molar-refractivity contribution is -0.156. The van der Waals surface area contributed by atoms with Crippen LogP contribution >= 0.6 is 11.8 Å². The second-order valence-electron chi connectivity index (χ2n) is 8.62. The van der Waals surface area contributed by atoms with Crippen molar-refractivity contribution in [1.82, 2.24) is 15.2 Å². The number of hydrogen-bond donors (Lipinski definition) is 1. The van der Waals surface area contributed by atoms with Crippen LogP contribution in [0, 0.1) is 5.92 Å². The number of fused-ring (bicyclic) bond motifs is 3. The summed E-state index contributed by atoms with van der Waals surface area (Å²) in [4.78, 5) is 30.4. The Bertz CT molecular complexity index is 1060. The first-order valence-corrected chi connectivity index (χ1v) is 12.4. The molecule has 3 atom stereocenters. The van der Waals surface area contributed by atoms with Crippen LogP contribution in [0.5, 0.6) is 5.75 Å². The van der Waals surface area contributed by atoms with Gasteiger partial charge in [0.05, 0.1) is 25.3 Å². The highest BCUT2D eigenvalue weighted by atomic mass is 32.2. The van der Waals surface area contributed by atoms with Crippen LogP contribution in [-0.4, -0.2) is 51.9 Å². The van der Waals surface area contributed by atoms with Gasteiger partial charge in [0.15, 0.2) is 17.2 Å². The Morgan fingerprint density at radius 1 is 1.12 bits per heavy atom. The Morgan fingerprint density at radius 2 is 1.88 bits per heavy atom. The fourth-order valence-corrected chi connectivity index (χ4v) is 6.00. The number of amidine groups is 1. The van der Waals surface area contributed by atoms with E-state index in [0.29, 0.717) is 17.9 Å². The van der Waals surface area contributed by atoms with Gasteiger partial charge in [0.2, 0.25) is 5.91 Å². The molecule has 33 heavy (non-hydrogen) atoms. The number of hydrazone groups is 1. The molecular formula is C25H28N4O3S. The van der Waals surface area contributed by atoms with Crippen LogP contribution in [0.25, 0.3) is 0 Å². The zero-order valence-corrected chi connectivity index (χ0v) is 19.5. The van der Waals surface area contributed by atoms with Crippen LogP contribution in [0.1, 0.15) is 41.6 Å². The van der Waals surface area contributed by atoms with Crippen LogP contribution in [0.4, 0.5) is 0 Å². The van der Waals surface area contributed by atoms with Crippen molar-refractivity contribution in [3.63, 3.8) is 0 Å². The summed E-state index contributed by atoms with van der Waals surface area (Å²) < 4.78 is 5.53. The molecule has 1 amide bonds. The normalized spacial score (nSPS) is 24.0. The van der Waals surface area contributed by atoms with Gasteiger partial charge in [-0.1, -0.05) is 73.1 Å². The Kier molecular flexibility index (Phi) is 6.26. The first kappa shape index (κ1) is 21.8. The summed E-state index contributed by atoms with van der Waals surface area (Å²) in [7, 11) is 1.65. The van der Waals surface area contributed by atoms with Crippen molar-refractivity contribution >= 4 is 28.6 Å². The molecule has 0 radical (unpaired) electrons. The number of hydrogen-bond acceptors (Lipinski definition) is 7. The first-order chi connectivity index (χ1) is 16.2. The van der Waals surface area contributed by atoms with Crippen molar-refractivity contribution in [2.24, 2.45) is 11.0 Å². The standard InChI is InChI=1S/C25H28N4O3S/c1-32-22-14-8-5-11-18(22)15-28-23(31)19-12-6-7-13-20(19)29-24(28)26-27-25(29)33-16-21(30)17-9-3-2-4-10-17/h2-5,8-11,14,19-20,24,26H,6-7,12-13,15-16H2,1H3. The minimum atomic E-state index is -0.351. The van der Waals surface area contributed by atoms with Crippen molar-refractivity contribution in [1.29, 1.82) is 0 Å². The summed E-state index contributed by atoms with van der Waals surface area (Å²) in [5.41, 5.74) is 4.86. The molecule has 2 aromatic rings. The number of carbonyl (C=O) groups excluding carboxylic acids is 2. The summed E-state index contributed by atoms with van der Waals surface area (Å²) in [6.45, 7) is 0.441. The van der Waals surface area contributed by atoms with E-state index in [1.165, 1.54) is 11.8 Å². The summed E-state index contributed by atoms with van der Waals surface area (Å²) in [6.07, 6.45) is 3.66. The largest absolute Gasteiger partial charge is 0.496 e. The van der Waals surface area contributed by atoms with Gasteiger partial charge in [-0.25, -0.2) is 0 Å². The van der Waals surface area contributed by atoms with Gasteiger partial charge in [0.25, 0.3) is 0 Å². The molecule has 2 heterocycles. The van der Waals surface area contributed by atoms with E-state index in [0.717, 1.165) is 42.2 Å². The van der Waals surface area contributed by atoms with Crippen LogP contribution in [0.2, 0.25) is 0 Å². The van der Waals surface area contributed by atoms with Crippen molar-refractivity contribution < 1.29 is 14.3 Å². The zero-order valence-electron chi connectivity index (χ0n) is 18.6. The number of Topliss-reactive ketones (excluding diaryl/α,β-unsaturated/α-hetero) is 1. The maximum absolute atomic E-state index is 13.6. The van der Waals surface area contributed by atoms with Crippen molar-refractivity contribution in [2.45, 2.75) is 44.6 Å². The number of methoxy groups -OCH3 is 1. The maximum Gasteiger partial charge on any atom is 0.231 e. The van der Waals surface area contributed by atoms with Gasteiger partial charge in [-0.15, -0.1) is 0 Å². The molecule has 1 N–H and O–H groups in total. The van der Waals surface area contributed by atoms with Gasteiger partial charge in [-0.05, 0) is 18.9 Å². The number of nitrogens with one attached hydrogen (secondary N) is 1. The lowest BCUT2D eigenvalue weighted by atomic mass is 9.81. The quantitative estimate of drug-likeness (QED) is 0.658. The van der Waals surface area contributed by atoms with E-state index in [1.54, 1.807) is 7.11 Å². The number of carbonyl (C=O) groups is 2. The number of para-hydroxylation sites is 1. The average molecular weight is 465 g/mol. The molecule has 0 bridgehead atoms. The zero-order chi connectivity index (χ0) is 22.8. The van der Waals surface area contributed by atoms with Gasteiger partial charge < -0.3 is 9.64 Å². The molecule has 2 fully saturated rings. The number of ketones is 1. The van der Waals surface area contributed by atoms with Crippen LogP contribution in [-0.2, 0) is 11.3 Å². The van der Waals surface area contributed by atoms with Crippen LogP contribution < -0.4 is 10.2 Å². The van der Waals surface area contributed by atoms with Crippen LogP contribution in [0.15, 0.2) is 59.7 Å².